The molecular formula is C15H14FN3O2S. The number of amides is 2. The summed E-state index contributed by atoms with van der Waals surface area (Å²) in [5.74, 6) is -0.661. The van der Waals surface area contributed by atoms with Gasteiger partial charge < -0.3 is 10.6 Å². The molecule has 1 saturated carbocycles. The topological polar surface area (TPSA) is 71.1 Å². The smallest absolute Gasteiger partial charge is 0.229 e. The first-order valence-electron chi connectivity index (χ1n) is 6.87. The third kappa shape index (κ3) is 3.30. The van der Waals surface area contributed by atoms with E-state index in [9.17, 15) is 14.0 Å². The van der Waals surface area contributed by atoms with Crippen molar-refractivity contribution in [3.8, 4) is 11.3 Å². The van der Waals surface area contributed by atoms with Crippen LogP contribution in [-0.2, 0) is 9.59 Å². The molecule has 0 bridgehead atoms. The number of aromatic nitrogens is 1. The van der Waals surface area contributed by atoms with Crippen molar-refractivity contribution in [2.45, 2.75) is 19.8 Å². The molecule has 22 heavy (non-hydrogen) atoms. The number of rotatable bonds is 4. The van der Waals surface area contributed by atoms with E-state index in [0.29, 0.717) is 22.1 Å². The Morgan fingerprint density at radius 3 is 2.73 bits per heavy atom. The van der Waals surface area contributed by atoms with Crippen LogP contribution in [-0.4, -0.2) is 16.8 Å². The molecule has 0 radical (unpaired) electrons. The molecule has 1 fully saturated rings. The van der Waals surface area contributed by atoms with Crippen LogP contribution in [0.3, 0.4) is 0 Å². The molecule has 2 N–H and O–H groups in total. The summed E-state index contributed by atoms with van der Waals surface area (Å²) in [5.41, 5.74) is 1.19. The van der Waals surface area contributed by atoms with Gasteiger partial charge in [0.15, 0.2) is 5.13 Å². The quantitative estimate of drug-likeness (QED) is 0.908. The first-order chi connectivity index (χ1) is 10.5. The lowest BCUT2D eigenvalue weighted by Gasteiger charge is -2.05. The minimum Gasteiger partial charge on any atom is -0.326 e. The van der Waals surface area contributed by atoms with Crippen LogP contribution in [0.15, 0.2) is 23.6 Å². The van der Waals surface area contributed by atoms with Crippen LogP contribution in [0.1, 0.15) is 19.8 Å². The van der Waals surface area contributed by atoms with Crippen molar-refractivity contribution in [3.63, 3.8) is 0 Å². The zero-order chi connectivity index (χ0) is 15.7. The van der Waals surface area contributed by atoms with Gasteiger partial charge in [-0.15, -0.1) is 11.3 Å². The van der Waals surface area contributed by atoms with Gasteiger partial charge in [0, 0.05) is 29.5 Å². The van der Waals surface area contributed by atoms with Crippen LogP contribution in [0.25, 0.3) is 11.3 Å². The van der Waals surface area contributed by atoms with Crippen LogP contribution < -0.4 is 10.6 Å². The minimum atomic E-state index is -0.475. The molecule has 2 amide bonds. The normalized spacial score (nSPS) is 13.7. The second-order valence-corrected chi connectivity index (χ2v) is 6.04. The summed E-state index contributed by atoms with van der Waals surface area (Å²) in [4.78, 5) is 26.9. The van der Waals surface area contributed by atoms with Gasteiger partial charge in [-0.1, -0.05) is 0 Å². The molecule has 1 aromatic carbocycles. The van der Waals surface area contributed by atoms with Crippen molar-refractivity contribution in [2.75, 3.05) is 10.6 Å². The number of benzene rings is 1. The van der Waals surface area contributed by atoms with Gasteiger partial charge in [0.05, 0.1) is 5.69 Å². The van der Waals surface area contributed by atoms with Crippen molar-refractivity contribution < 1.29 is 14.0 Å². The Labute approximate surface area is 130 Å². The third-order valence-corrected chi connectivity index (χ3v) is 4.01. The van der Waals surface area contributed by atoms with E-state index in [-0.39, 0.29) is 17.7 Å². The maximum Gasteiger partial charge on any atom is 0.229 e. The number of hydrogen-bond acceptors (Lipinski definition) is 4. The molecule has 1 aliphatic carbocycles. The summed E-state index contributed by atoms with van der Waals surface area (Å²) in [7, 11) is 0. The highest BCUT2D eigenvalue weighted by Crippen LogP contribution is 2.32. The molecule has 0 spiro atoms. The summed E-state index contributed by atoms with van der Waals surface area (Å²) in [6.07, 6.45) is 1.84. The second-order valence-electron chi connectivity index (χ2n) is 5.18. The SMILES string of the molecule is CC(=O)Nc1ccc(-c2csc(NC(=O)C3CC3)n2)c(F)c1. The Balaban J connectivity index is 1.77. The minimum absolute atomic E-state index is 0.0256. The first kappa shape index (κ1) is 14.6. The Kier molecular flexibility index (Phi) is 3.89. The second kappa shape index (κ2) is 5.84. The molecule has 1 heterocycles. The van der Waals surface area contributed by atoms with E-state index in [0.717, 1.165) is 12.8 Å². The van der Waals surface area contributed by atoms with E-state index in [1.165, 1.54) is 24.3 Å². The van der Waals surface area contributed by atoms with Gasteiger partial charge in [0.2, 0.25) is 11.8 Å². The summed E-state index contributed by atoms with van der Waals surface area (Å²) in [6, 6.07) is 4.42. The fourth-order valence-corrected chi connectivity index (χ4v) is 2.73. The highest BCUT2D eigenvalue weighted by molar-refractivity contribution is 7.14. The van der Waals surface area contributed by atoms with Gasteiger partial charge in [0.25, 0.3) is 0 Å². The van der Waals surface area contributed by atoms with Crippen LogP contribution >= 0.6 is 11.3 Å². The van der Waals surface area contributed by atoms with Gasteiger partial charge in [-0.2, -0.15) is 0 Å². The maximum absolute atomic E-state index is 14.1. The first-order valence-corrected chi connectivity index (χ1v) is 7.75. The van der Waals surface area contributed by atoms with Gasteiger partial charge in [-0.3, -0.25) is 9.59 Å². The fourth-order valence-electron chi connectivity index (χ4n) is 2.01. The zero-order valence-corrected chi connectivity index (χ0v) is 12.7. The van der Waals surface area contributed by atoms with E-state index in [4.69, 9.17) is 0 Å². The van der Waals surface area contributed by atoms with E-state index >= 15 is 0 Å². The van der Waals surface area contributed by atoms with Crippen LogP contribution in [0, 0.1) is 11.7 Å². The van der Waals surface area contributed by atoms with Crippen molar-refractivity contribution in [2.24, 2.45) is 5.92 Å². The molecule has 0 unspecified atom stereocenters. The van der Waals surface area contributed by atoms with Gasteiger partial charge in [-0.25, -0.2) is 9.37 Å². The van der Waals surface area contributed by atoms with E-state index in [1.54, 1.807) is 17.5 Å². The predicted molar refractivity (Wildman–Crippen MR) is 83.2 cm³/mol. The maximum atomic E-state index is 14.1. The average Bonchev–Trinajstić information content (AvgIpc) is 3.20. The number of halogens is 1. The molecule has 1 aromatic heterocycles. The summed E-state index contributed by atoms with van der Waals surface area (Å²) in [6.45, 7) is 1.36. The predicted octanol–water partition coefficient (Wildman–Crippen LogP) is 3.26. The third-order valence-electron chi connectivity index (χ3n) is 3.25. The molecule has 7 heteroatoms. The molecular weight excluding hydrogens is 305 g/mol. The van der Waals surface area contributed by atoms with Gasteiger partial charge in [-0.05, 0) is 31.0 Å². The summed E-state index contributed by atoms with van der Waals surface area (Å²) >= 11 is 1.26. The number of hydrogen-bond donors (Lipinski definition) is 2. The monoisotopic (exact) mass is 319 g/mol. The molecule has 3 rings (SSSR count). The number of nitrogens with zero attached hydrogens (tertiary/aromatic N) is 1. The van der Waals surface area contributed by atoms with E-state index in [2.05, 4.69) is 15.6 Å². The molecule has 2 aromatic rings. The molecule has 0 atom stereocenters. The number of carbonyl (C=O) groups excluding carboxylic acids is 2. The lowest BCUT2D eigenvalue weighted by molar-refractivity contribution is -0.117. The average molecular weight is 319 g/mol. The lowest BCUT2D eigenvalue weighted by Crippen LogP contribution is -2.12. The van der Waals surface area contributed by atoms with Crippen molar-refractivity contribution in [1.82, 2.24) is 4.98 Å². The van der Waals surface area contributed by atoms with E-state index in [1.807, 2.05) is 0 Å². The number of thiazole rings is 1. The molecule has 0 aliphatic heterocycles. The highest BCUT2D eigenvalue weighted by atomic mass is 32.1. The van der Waals surface area contributed by atoms with Crippen molar-refractivity contribution in [3.05, 3.63) is 29.4 Å². The largest absolute Gasteiger partial charge is 0.326 e. The van der Waals surface area contributed by atoms with E-state index < -0.39 is 5.82 Å². The standard InChI is InChI=1S/C15H14FN3O2S/c1-8(20)17-10-4-5-11(12(16)6-10)13-7-22-15(18-13)19-14(21)9-2-3-9/h4-7,9H,2-3H2,1H3,(H,17,20)(H,18,19,21). The Morgan fingerprint density at radius 1 is 1.32 bits per heavy atom. The molecule has 5 nitrogen and oxygen atoms in total. The fraction of sp³-hybridized carbons (Fsp3) is 0.267. The molecule has 0 saturated heterocycles. The Morgan fingerprint density at radius 2 is 2.09 bits per heavy atom. The zero-order valence-electron chi connectivity index (χ0n) is 11.9. The number of nitrogens with one attached hydrogen (secondary N) is 2. The number of anilines is 2. The summed E-state index contributed by atoms with van der Waals surface area (Å²) < 4.78 is 14.1. The number of carbonyl (C=O) groups is 2. The van der Waals surface area contributed by atoms with Crippen LogP contribution in [0.4, 0.5) is 15.2 Å². The van der Waals surface area contributed by atoms with Crippen molar-refractivity contribution in [1.29, 1.82) is 0 Å². The Hall–Kier alpha value is -2.28. The summed E-state index contributed by atoms with van der Waals surface area (Å²) in [5, 5.41) is 7.42. The van der Waals surface area contributed by atoms with Gasteiger partial charge >= 0.3 is 0 Å². The van der Waals surface area contributed by atoms with Crippen LogP contribution in [0.5, 0.6) is 0 Å². The molecule has 114 valence electrons. The van der Waals surface area contributed by atoms with Crippen LogP contribution in [0.2, 0.25) is 0 Å². The molecule has 1 aliphatic rings. The van der Waals surface area contributed by atoms with Crippen molar-refractivity contribution >= 4 is 34.0 Å². The Bertz CT molecular complexity index is 740. The van der Waals surface area contributed by atoms with Gasteiger partial charge in [0.1, 0.15) is 5.82 Å². The lowest BCUT2D eigenvalue weighted by atomic mass is 10.1. The highest BCUT2D eigenvalue weighted by Gasteiger charge is 2.30.